The van der Waals surface area contributed by atoms with E-state index in [-0.39, 0.29) is 36.6 Å². The lowest BCUT2D eigenvalue weighted by molar-refractivity contribution is 0.129. The molecule has 1 heterocycles. The molecule has 7 heteroatoms. The maximum Gasteiger partial charge on any atom is 0.194 e. The quantitative estimate of drug-likeness (QED) is 0.371. The van der Waals surface area contributed by atoms with Crippen LogP contribution in [0.2, 0.25) is 0 Å². The fraction of sp³-hybridized carbons (Fsp3) is 0.364. The standard InChI is InChI=1S/C22H25FN4O.HI/c1-2-25-22(26-16-18-9-8-17(15-24)14-21(18)23)27-12-10-20(11-13-27)28-19-6-4-3-5-7-19;/h3-9,14,20H,2,10-13,16H2,1H3,(H,25,26);1H. The molecule has 1 aliphatic rings. The number of para-hydroxylation sites is 1. The Labute approximate surface area is 188 Å². The highest BCUT2D eigenvalue weighted by Crippen LogP contribution is 2.19. The molecule has 0 spiro atoms. The Morgan fingerprint density at radius 3 is 2.59 bits per heavy atom. The number of halogens is 2. The maximum atomic E-state index is 14.1. The van der Waals surface area contributed by atoms with Gasteiger partial charge in [0.05, 0.1) is 18.2 Å². The first kappa shape index (κ1) is 22.9. The number of rotatable bonds is 5. The number of likely N-dealkylation sites (tertiary alicyclic amines) is 1. The van der Waals surface area contributed by atoms with E-state index in [1.165, 1.54) is 6.07 Å². The van der Waals surface area contributed by atoms with Crippen LogP contribution in [0.3, 0.4) is 0 Å². The average Bonchev–Trinajstić information content (AvgIpc) is 2.73. The third kappa shape index (κ3) is 6.60. The smallest absolute Gasteiger partial charge is 0.194 e. The highest BCUT2D eigenvalue weighted by atomic mass is 127. The SMILES string of the molecule is CCNC(=NCc1ccc(C#N)cc1F)N1CCC(Oc2ccccc2)CC1.I. The molecule has 3 rings (SSSR count). The highest BCUT2D eigenvalue weighted by Gasteiger charge is 2.22. The van der Waals surface area contributed by atoms with Crippen LogP contribution in [-0.4, -0.2) is 36.6 Å². The van der Waals surface area contributed by atoms with E-state index in [1.807, 2.05) is 43.3 Å². The van der Waals surface area contributed by atoms with Crippen molar-refractivity contribution < 1.29 is 9.13 Å². The van der Waals surface area contributed by atoms with Crippen molar-refractivity contribution in [2.24, 2.45) is 4.99 Å². The minimum atomic E-state index is -0.395. The molecule has 2 aromatic rings. The van der Waals surface area contributed by atoms with E-state index in [0.29, 0.717) is 11.1 Å². The molecule has 0 saturated carbocycles. The summed E-state index contributed by atoms with van der Waals surface area (Å²) in [6.07, 6.45) is 2.01. The maximum absolute atomic E-state index is 14.1. The van der Waals surface area contributed by atoms with Gasteiger partial charge in [0.1, 0.15) is 17.7 Å². The number of nitrogens with one attached hydrogen (secondary N) is 1. The van der Waals surface area contributed by atoms with E-state index < -0.39 is 5.82 Å². The minimum absolute atomic E-state index is 0. The van der Waals surface area contributed by atoms with Crippen LogP contribution in [0.15, 0.2) is 53.5 Å². The van der Waals surface area contributed by atoms with E-state index in [4.69, 9.17) is 10.00 Å². The first-order valence-electron chi connectivity index (χ1n) is 9.63. The van der Waals surface area contributed by atoms with E-state index in [0.717, 1.165) is 44.2 Å². The zero-order valence-corrected chi connectivity index (χ0v) is 18.8. The lowest BCUT2D eigenvalue weighted by atomic mass is 10.1. The zero-order chi connectivity index (χ0) is 19.8. The van der Waals surface area contributed by atoms with Crippen LogP contribution < -0.4 is 10.1 Å². The molecule has 5 nitrogen and oxygen atoms in total. The lowest BCUT2D eigenvalue weighted by Crippen LogP contribution is -2.47. The van der Waals surface area contributed by atoms with Crippen molar-refractivity contribution >= 4 is 29.9 Å². The molecule has 1 aliphatic heterocycles. The van der Waals surface area contributed by atoms with Gasteiger partial charge in [0.25, 0.3) is 0 Å². The summed E-state index contributed by atoms with van der Waals surface area (Å²) >= 11 is 0. The van der Waals surface area contributed by atoms with Gasteiger partial charge in [-0.3, -0.25) is 0 Å². The number of aliphatic imine (C=N–C) groups is 1. The molecule has 0 aliphatic carbocycles. The van der Waals surface area contributed by atoms with Gasteiger partial charge in [-0.05, 0) is 31.2 Å². The summed E-state index contributed by atoms with van der Waals surface area (Å²) in [6, 6.07) is 16.3. The van der Waals surface area contributed by atoms with Crippen molar-refractivity contribution in [3.8, 4) is 11.8 Å². The predicted molar refractivity (Wildman–Crippen MR) is 123 cm³/mol. The number of hydrogen-bond acceptors (Lipinski definition) is 3. The Morgan fingerprint density at radius 2 is 1.97 bits per heavy atom. The fourth-order valence-corrected chi connectivity index (χ4v) is 3.21. The second kappa shape index (κ2) is 11.6. The topological polar surface area (TPSA) is 60.7 Å². The molecule has 29 heavy (non-hydrogen) atoms. The first-order valence-corrected chi connectivity index (χ1v) is 9.63. The molecule has 1 saturated heterocycles. The normalized spacial score (nSPS) is 14.7. The Morgan fingerprint density at radius 1 is 1.24 bits per heavy atom. The monoisotopic (exact) mass is 508 g/mol. The molecule has 0 amide bonds. The van der Waals surface area contributed by atoms with Crippen molar-refractivity contribution in [2.75, 3.05) is 19.6 Å². The minimum Gasteiger partial charge on any atom is -0.490 e. The number of nitriles is 1. The fourth-order valence-electron chi connectivity index (χ4n) is 3.21. The molecule has 1 N–H and O–H groups in total. The molecule has 0 atom stereocenters. The largest absolute Gasteiger partial charge is 0.490 e. The van der Waals surface area contributed by atoms with Gasteiger partial charge in [0.2, 0.25) is 0 Å². The number of nitrogens with zero attached hydrogens (tertiary/aromatic N) is 3. The van der Waals surface area contributed by atoms with Gasteiger partial charge >= 0.3 is 0 Å². The van der Waals surface area contributed by atoms with E-state index in [2.05, 4.69) is 15.2 Å². The number of piperidine rings is 1. The number of hydrogen-bond donors (Lipinski definition) is 1. The van der Waals surface area contributed by atoms with Gasteiger partial charge in [-0.2, -0.15) is 5.26 Å². The van der Waals surface area contributed by atoms with Crippen LogP contribution >= 0.6 is 24.0 Å². The Kier molecular flexibility index (Phi) is 9.19. The van der Waals surface area contributed by atoms with E-state index >= 15 is 0 Å². The molecule has 0 bridgehead atoms. The first-order chi connectivity index (χ1) is 13.7. The van der Waals surface area contributed by atoms with Crippen molar-refractivity contribution in [1.82, 2.24) is 10.2 Å². The van der Waals surface area contributed by atoms with Crippen LogP contribution in [0.1, 0.15) is 30.9 Å². The Bertz CT molecular complexity index is 846. The van der Waals surface area contributed by atoms with Crippen LogP contribution in [0, 0.1) is 17.1 Å². The molecule has 0 unspecified atom stereocenters. The second-order valence-corrected chi connectivity index (χ2v) is 6.71. The molecular weight excluding hydrogens is 482 g/mol. The third-order valence-electron chi connectivity index (χ3n) is 4.70. The molecule has 154 valence electrons. The second-order valence-electron chi connectivity index (χ2n) is 6.71. The van der Waals surface area contributed by atoms with Crippen molar-refractivity contribution in [1.29, 1.82) is 5.26 Å². The number of ether oxygens (including phenoxy) is 1. The van der Waals surface area contributed by atoms with Crippen LogP contribution in [0.4, 0.5) is 4.39 Å². The van der Waals surface area contributed by atoms with E-state index in [1.54, 1.807) is 12.1 Å². The lowest BCUT2D eigenvalue weighted by Gasteiger charge is -2.34. The Balaban J connectivity index is 0.00000300. The summed E-state index contributed by atoms with van der Waals surface area (Å²) in [5.41, 5.74) is 0.800. The summed E-state index contributed by atoms with van der Waals surface area (Å²) in [6.45, 7) is 4.66. The van der Waals surface area contributed by atoms with Crippen LogP contribution in [0.25, 0.3) is 0 Å². The van der Waals surface area contributed by atoms with Gasteiger partial charge in [-0.25, -0.2) is 9.38 Å². The molecule has 0 aromatic heterocycles. The molecule has 1 fully saturated rings. The molecule has 2 aromatic carbocycles. The summed E-state index contributed by atoms with van der Waals surface area (Å²) in [4.78, 5) is 6.79. The van der Waals surface area contributed by atoms with Crippen molar-refractivity contribution in [3.63, 3.8) is 0 Å². The van der Waals surface area contributed by atoms with Crippen LogP contribution in [0.5, 0.6) is 5.75 Å². The van der Waals surface area contributed by atoms with E-state index in [9.17, 15) is 4.39 Å². The van der Waals surface area contributed by atoms with Gasteiger partial charge in [-0.1, -0.05) is 24.3 Å². The third-order valence-corrected chi connectivity index (χ3v) is 4.70. The molecular formula is C22H26FIN4O. The summed E-state index contributed by atoms with van der Waals surface area (Å²) < 4.78 is 20.2. The van der Waals surface area contributed by atoms with Gasteiger partial charge in [0, 0.05) is 38.0 Å². The van der Waals surface area contributed by atoms with Crippen molar-refractivity contribution in [3.05, 3.63) is 65.5 Å². The number of guanidine groups is 1. The predicted octanol–water partition coefficient (Wildman–Crippen LogP) is 4.32. The van der Waals surface area contributed by atoms with Crippen molar-refractivity contribution in [2.45, 2.75) is 32.4 Å². The highest BCUT2D eigenvalue weighted by molar-refractivity contribution is 14.0. The number of benzene rings is 2. The molecule has 0 radical (unpaired) electrons. The summed E-state index contributed by atoms with van der Waals surface area (Å²) in [5, 5.41) is 12.1. The average molecular weight is 508 g/mol. The van der Waals surface area contributed by atoms with Crippen LogP contribution in [-0.2, 0) is 6.54 Å². The van der Waals surface area contributed by atoms with Gasteiger partial charge < -0.3 is 15.0 Å². The Hall–Kier alpha value is -2.34. The van der Waals surface area contributed by atoms with Gasteiger partial charge in [-0.15, -0.1) is 24.0 Å². The zero-order valence-electron chi connectivity index (χ0n) is 16.5. The summed E-state index contributed by atoms with van der Waals surface area (Å²) in [5.74, 6) is 1.29. The summed E-state index contributed by atoms with van der Waals surface area (Å²) in [7, 11) is 0. The van der Waals surface area contributed by atoms with Gasteiger partial charge in [0.15, 0.2) is 5.96 Å².